The summed E-state index contributed by atoms with van der Waals surface area (Å²) < 4.78 is 18.6. The molecule has 0 saturated carbocycles. The topological polar surface area (TPSA) is 49.7 Å². The predicted octanol–water partition coefficient (Wildman–Crippen LogP) is 4.34. The van der Waals surface area contributed by atoms with E-state index in [1.807, 2.05) is 19.1 Å². The molecule has 3 rings (SSSR count). The number of hydrogen-bond acceptors (Lipinski definition) is 4. The fourth-order valence-corrected chi connectivity index (χ4v) is 4.01. The number of methoxy groups -OCH3 is 2. The van der Waals surface area contributed by atoms with Gasteiger partial charge in [-0.3, -0.25) is 0 Å². The third kappa shape index (κ3) is 2.75. The molecule has 1 aliphatic heterocycles. The Bertz CT molecular complexity index is 848. The standard InChI is InChI=1S/C21H27NO4/c1-7-26-21(23)19-18(12(2)3)13(4)22-9-8-14-10-16(24-5)17(25-6)11-15(14)20(19)22/h10-12H,7-9H2,1-6H3. The van der Waals surface area contributed by atoms with E-state index >= 15 is 0 Å². The minimum absolute atomic E-state index is 0.233. The second kappa shape index (κ2) is 7.06. The first-order valence-corrected chi connectivity index (χ1v) is 9.09. The van der Waals surface area contributed by atoms with Crippen molar-refractivity contribution in [3.8, 4) is 22.8 Å². The zero-order valence-electron chi connectivity index (χ0n) is 16.4. The SMILES string of the molecule is CCOC(=O)c1c(C(C)C)c(C)n2c1-c1cc(OC)c(OC)cc1CC2. The number of carbonyl (C=O) groups is 1. The molecule has 0 saturated heterocycles. The van der Waals surface area contributed by atoms with E-state index in [4.69, 9.17) is 14.2 Å². The lowest BCUT2D eigenvalue weighted by molar-refractivity contribution is 0.0525. The lowest BCUT2D eigenvalue weighted by Crippen LogP contribution is -2.15. The molecule has 2 heterocycles. The van der Waals surface area contributed by atoms with Crippen molar-refractivity contribution < 1.29 is 19.0 Å². The molecule has 0 unspecified atom stereocenters. The molecule has 0 spiro atoms. The summed E-state index contributed by atoms with van der Waals surface area (Å²) in [4.78, 5) is 12.9. The Labute approximate surface area is 154 Å². The predicted molar refractivity (Wildman–Crippen MR) is 101 cm³/mol. The van der Waals surface area contributed by atoms with E-state index in [2.05, 4.69) is 25.3 Å². The number of carbonyl (C=O) groups excluding carboxylic acids is 1. The molecule has 0 aliphatic carbocycles. The van der Waals surface area contributed by atoms with Crippen LogP contribution in [0, 0.1) is 6.92 Å². The van der Waals surface area contributed by atoms with Gasteiger partial charge in [0, 0.05) is 17.8 Å². The first-order chi connectivity index (χ1) is 12.4. The summed E-state index contributed by atoms with van der Waals surface area (Å²) in [5, 5.41) is 0. The Morgan fingerprint density at radius 1 is 1.19 bits per heavy atom. The van der Waals surface area contributed by atoms with Gasteiger partial charge in [-0.15, -0.1) is 0 Å². The van der Waals surface area contributed by atoms with Gasteiger partial charge in [-0.25, -0.2) is 4.79 Å². The third-order valence-corrected chi connectivity index (χ3v) is 5.10. The van der Waals surface area contributed by atoms with Crippen molar-refractivity contribution in [2.45, 2.75) is 46.6 Å². The number of rotatable bonds is 5. The number of aryl methyl sites for hydroxylation is 1. The van der Waals surface area contributed by atoms with Crippen molar-refractivity contribution in [2.75, 3.05) is 20.8 Å². The summed E-state index contributed by atoms with van der Waals surface area (Å²) in [5.41, 5.74) is 6.01. The number of esters is 1. The molecule has 2 aromatic rings. The molecular formula is C21H27NO4. The molecule has 0 fully saturated rings. The second-order valence-corrected chi connectivity index (χ2v) is 6.86. The Balaban J connectivity index is 2.32. The Morgan fingerprint density at radius 2 is 1.85 bits per heavy atom. The monoisotopic (exact) mass is 357 g/mol. The maximum absolute atomic E-state index is 12.9. The van der Waals surface area contributed by atoms with Gasteiger partial charge >= 0.3 is 5.97 Å². The number of nitrogens with zero attached hydrogens (tertiary/aromatic N) is 1. The van der Waals surface area contributed by atoms with Gasteiger partial charge in [0.25, 0.3) is 0 Å². The lowest BCUT2D eigenvalue weighted by Gasteiger charge is -2.23. The van der Waals surface area contributed by atoms with Crippen LogP contribution < -0.4 is 9.47 Å². The summed E-state index contributed by atoms with van der Waals surface area (Å²) in [6.07, 6.45) is 0.887. The van der Waals surface area contributed by atoms with Crippen LogP contribution in [0.3, 0.4) is 0 Å². The van der Waals surface area contributed by atoms with E-state index in [1.54, 1.807) is 14.2 Å². The van der Waals surface area contributed by atoms with Crippen LogP contribution in [0.15, 0.2) is 12.1 Å². The van der Waals surface area contributed by atoms with Crippen LogP contribution in [-0.2, 0) is 17.7 Å². The summed E-state index contributed by atoms with van der Waals surface area (Å²) in [6.45, 7) is 9.36. The van der Waals surface area contributed by atoms with Gasteiger partial charge in [0.05, 0.1) is 32.1 Å². The normalized spacial score (nSPS) is 12.6. The van der Waals surface area contributed by atoms with Gasteiger partial charge < -0.3 is 18.8 Å². The molecule has 0 N–H and O–H groups in total. The van der Waals surface area contributed by atoms with E-state index in [0.717, 1.165) is 41.0 Å². The molecule has 1 aromatic heterocycles. The van der Waals surface area contributed by atoms with E-state index in [-0.39, 0.29) is 11.9 Å². The van der Waals surface area contributed by atoms with E-state index in [9.17, 15) is 4.79 Å². The molecule has 0 amide bonds. The minimum atomic E-state index is -0.254. The largest absolute Gasteiger partial charge is 0.493 e. The quantitative estimate of drug-likeness (QED) is 0.747. The fourth-order valence-electron chi connectivity index (χ4n) is 4.01. The zero-order valence-corrected chi connectivity index (χ0v) is 16.4. The summed E-state index contributed by atoms with van der Waals surface area (Å²) in [5.74, 6) is 1.36. The number of fused-ring (bicyclic) bond motifs is 3. The maximum atomic E-state index is 12.9. The Morgan fingerprint density at radius 3 is 2.42 bits per heavy atom. The molecule has 26 heavy (non-hydrogen) atoms. The zero-order chi connectivity index (χ0) is 19.0. The van der Waals surface area contributed by atoms with Crippen LogP contribution in [0.4, 0.5) is 0 Å². The van der Waals surface area contributed by atoms with Gasteiger partial charge in [-0.2, -0.15) is 0 Å². The van der Waals surface area contributed by atoms with Crippen LogP contribution in [0.5, 0.6) is 11.5 Å². The van der Waals surface area contributed by atoms with Crippen molar-refractivity contribution in [1.82, 2.24) is 4.57 Å². The van der Waals surface area contributed by atoms with Crippen molar-refractivity contribution in [3.05, 3.63) is 34.5 Å². The molecule has 0 atom stereocenters. The summed E-state index contributed by atoms with van der Waals surface area (Å²) in [6, 6.07) is 4.00. The molecule has 0 bridgehead atoms. The van der Waals surface area contributed by atoms with Crippen LogP contribution in [0.25, 0.3) is 11.3 Å². The van der Waals surface area contributed by atoms with Gasteiger partial charge in [0.15, 0.2) is 11.5 Å². The molecule has 1 aromatic carbocycles. The van der Waals surface area contributed by atoms with E-state index in [1.165, 1.54) is 0 Å². The highest BCUT2D eigenvalue weighted by Gasteiger charge is 2.32. The average Bonchev–Trinajstić information content (AvgIpc) is 2.93. The Kier molecular flexibility index (Phi) is 4.99. The maximum Gasteiger partial charge on any atom is 0.340 e. The number of aromatic nitrogens is 1. The van der Waals surface area contributed by atoms with E-state index < -0.39 is 0 Å². The summed E-state index contributed by atoms with van der Waals surface area (Å²) in [7, 11) is 3.27. The highest BCUT2D eigenvalue weighted by Crippen LogP contribution is 2.44. The average molecular weight is 357 g/mol. The van der Waals surface area contributed by atoms with Crippen LogP contribution in [0.2, 0.25) is 0 Å². The smallest absolute Gasteiger partial charge is 0.340 e. The van der Waals surface area contributed by atoms with Gasteiger partial charge in [0.2, 0.25) is 0 Å². The molecule has 5 heteroatoms. The summed E-state index contributed by atoms with van der Waals surface area (Å²) >= 11 is 0. The van der Waals surface area contributed by atoms with Gasteiger partial charge in [0.1, 0.15) is 0 Å². The number of hydrogen-bond donors (Lipinski definition) is 0. The van der Waals surface area contributed by atoms with Gasteiger partial charge in [-0.05, 0) is 49.4 Å². The second-order valence-electron chi connectivity index (χ2n) is 6.86. The highest BCUT2D eigenvalue weighted by molar-refractivity contribution is 6.00. The third-order valence-electron chi connectivity index (χ3n) is 5.10. The highest BCUT2D eigenvalue weighted by atomic mass is 16.5. The van der Waals surface area contributed by atoms with Crippen LogP contribution >= 0.6 is 0 Å². The first-order valence-electron chi connectivity index (χ1n) is 9.09. The van der Waals surface area contributed by atoms with Crippen molar-refractivity contribution >= 4 is 5.97 Å². The first kappa shape index (κ1) is 18.4. The van der Waals surface area contributed by atoms with Crippen LogP contribution in [-0.4, -0.2) is 31.4 Å². The van der Waals surface area contributed by atoms with Crippen molar-refractivity contribution in [1.29, 1.82) is 0 Å². The number of benzene rings is 1. The van der Waals surface area contributed by atoms with Crippen molar-refractivity contribution in [2.24, 2.45) is 0 Å². The van der Waals surface area contributed by atoms with Crippen molar-refractivity contribution in [3.63, 3.8) is 0 Å². The molecule has 140 valence electrons. The molecule has 5 nitrogen and oxygen atoms in total. The van der Waals surface area contributed by atoms with E-state index in [0.29, 0.717) is 23.7 Å². The molecule has 0 radical (unpaired) electrons. The van der Waals surface area contributed by atoms with Crippen LogP contribution in [0.1, 0.15) is 53.9 Å². The Hall–Kier alpha value is -2.43. The lowest BCUT2D eigenvalue weighted by atomic mass is 9.92. The fraction of sp³-hybridized carbons (Fsp3) is 0.476. The molecule has 1 aliphatic rings. The molecular weight excluding hydrogens is 330 g/mol. The number of ether oxygens (including phenoxy) is 3. The minimum Gasteiger partial charge on any atom is -0.493 e. The van der Waals surface area contributed by atoms with Gasteiger partial charge in [-0.1, -0.05) is 13.8 Å².